The van der Waals surface area contributed by atoms with Crippen molar-refractivity contribution < 1.29 is 14.3 Å². The number of benzene rings is 1. The third-order valence-electron chi connectivity index (χ3n) is 2.97. The third-order valence-corrected chi connectivity index (χ3v) is 3.89. The summed E-state index contributed by atoms with van der Waals surface area (Å²) in [6.07, 6.45) is 0. The van der Waals surface area contributed by atoms with E-state index in [1.54, 1.807) is 12.5 Å². The second-order valence-corrected chi connectivity index (χ2v) is 5.36. The molecule has 5 nitrogen and oxygen atoms in total. The van der Waals surface area contributed by atoms with Crippen molar-refractivity contribution in [2.24, 2.45) is 5.73 Å². The van der Waals surface area contributed by atoms with Crippen LogP contribution in [-0.2, 0) is 17.9 Å². The Kier molecular flexibility index (Phi) is 5.08. The molecule has 0 saturated heterocycles. The number of hydrogen-bond donors (Lipinski definition) is 2. The number of nitrogens with two attached hydrogens (primary N) is 1. The van der Waals surface area contributed by atoms with Crippen LogP contribution in [-0.4, -0.2) is 18.9 Å². The summed E-state index contributed by atoms with van der Waals surface area (Å²) in [4.78, 5) is 23.5. The van der Waals surface area contributed by atoms with Gasteiger partial charge in [0.1, 0.15) is 0 Å². The van der Waals surface area contributed by atoms with Crippen LogP contribution in [0.25, 0.3) is 0 Å². The SMILES string of the molecule is COCc1ccccc1CNC(=O)c1cc(C(N)=O)cs1. The fraction of sp³-hybridized carbons (Fsp3) is 0.200. The lowest BCUT2D eigenvalue weighted by Gasteiger charge is -2.09. The minimum Gasteiger partial charge on any atom is -0.380 e. The van der Waals surface area contributed by atoms with E-state index in [9.17, 15) is 9.59 Å². The number of ether oxygens (including phenoxy) is 1. The number of thiophene rings is 1. The molecule has 0 aliphatic heterocycles. The van der Waals surface area contributed by atoms with Crippen molar-refractivity contribution >= 4 is 23.2 Å². The molecule has 0 aliphatic rings. The van der Waals surface area contributed by atoms with E-state index < -0.39 is 5.91 Å². The molecule has 0 spiro atoms. The molecule has 0 aliphatic carbocycles. The normalized spacial score (nSPS) is 10.3. The highest BCUT2D eigenvalue weighted by molar-refractivity contribution is 7.12. The standard InChI is InChI=1S/C15H16N2O3S/c1-20-8-11-5-3-2-4-10(11)7-17-15(19)13-6-12(9-21-13)14(16)18/h2-6,9H,7-8H2,1H3,(H2,16,18)(H,17,19). The van der Waals surface area contributed by atoms with Crippen LogP contribution in [0.4, 0.5) is 0 Å². The van der Waals surface area contributed by atoms with E-state index in [-0.39, 0.29) is 5.91 Å². The summed E-state index contributed by atoms with van der Waals surface area (Å²) >= 11 is 1.20. The lowest BCUT2D eigenvalue weighted by molar-refractivity contribution is 0.0954. The quantitative estimate of drug-likeness (QED) is 0.855. The monoisotopic (exact) mass is 304 g/mol. The zero-order valence-corrected chi connectivity index (χ0v) is 12.4. The van der Waals surface area contributed by atoms with Crippen LogP contribution >= 0.6 is 11.3 Å². The van der Waals surface area contributed by atoms with Crippen LogP contribution in [0, 0.1) is 0 Å². The zero-order valence-electron chi connectivity index (χ0n) is 11.6. The molecule has 1 aromatic heterocycles. The van der Waals surface area contributed by atoms with E-state index in [4.69, 9.17) is 10.5 Å². The number of primary amides is 1. The Balaban J connectivity index is 2.02. The van der Waals surface area contributed by atoms with Gasteiger partial charge >= 0.3 is 0 Å². The molecule has 0 radical (unpaired) electrons. The Labute approximate surface area is 126 Å². The smallest absolute Gasteiger partial charge is 0.261 e. The number of carbonyl (C=O) groups excluding carboxylic acids is 2. The van der Waals surface area contributed by atoms with Crippen molar-refractivity contribution in [1.82, 2.24) is 5.32 Å². The van der Waals surface area contributed by atoms with E-state index in [1.807, 2.05) is 24.3 Å². The predicted molar refractivity (Wildman–Crippen MR) is 81.2 cm³/mol. The Bertz CT molecular complexity index is 652. The van der Waals surface area contributed by atoms with Crippen molar-refractivity contribution in [3.05, 3.63) is 57.3 Å². The first-order chi connectivity index (χ1) is 10.1. The molecule has 6 heteroatoms. The van der Waals surface area contributed by atoms with Gasteiger partial charge in [-0.3, -0.25) is 9.59 Å². The summed E-state index contributed by atoms with van der Waals surface area (Å²) < 4.78 is 5.13. The van der Waals surface area contributed by atoms with E-state index in [2.05, 4.69) is 5.32 Å². The third kappa shape index (κ3) is 3.90. The predicted octanol–water partition coefficient (Wildman–Crippen LogP) is 1.92. The molecule has 1 aromatic carbocycles. The first kappa shape index (κ1) is 15.2. The molecule has 110 valence electrons. The highest BCUT2D eigenvalue weighted by Crippen LogP contribution is 2.15. The van der Waals surface area contributed by atoms with Crippen LogP contribution in [0.2, 0.25) is 0 Å². The summed E-state index contributed by atoms with van der Waals surface area (Å²) in [5, 5.41) is 4.41. The molecular formula is C15H16N2O3S. The van der Waals surface area contributed by atoms with Gasteiger partial charge in [-0.2, -0.15) is 0 Å². The lowest BCUT2D eigenvalue weighted by Crippen LogP contribution is -2.22. The molecule has 0 fully saturated rings. The Morgan fingerprint density at radius 3 is 2.62 bits per heavy atom. The maximum atomic E-state index is 12.0. The van der Waals surface area contributed by atoms with Crippen LogP contribution in [0.15, 0.2) is 35.7 Å². The van der Waals surface area contributed by atoms with Gasteiger partial charge in [0.05, 0.1) is 17.0 Å². The highest BCUT2D eigenvalue weighted by Gasteiger charge is 2.12. The minimum absolute atomic E-state index is 0.222. The molecule has 2 rings (SSSR count). The second-order valence-electron chi connectivity index (χ2n) is 4.45. The van der Waals surface area contributed by atoms with Crippen LogP contribution in [0.1, 0.15) is 31.2 Å². The van der Waals surface area contributed by atoms with E-state index in [1.165, 1.54) is 17.4 Å². The number of nitrogens with one attached hydrogen (secondary N) is 1. The molecule has 0 unspecified atom stereocenters. The Morgan fingerprint density at radius 1 is 1.29 bits per heavy atom. The van der Waals surface area contributed by atoms with Gasteiger partial charge in [0.2, 0.25) is 5.91 Å². The number of methoxy groups -OCH3 is 1. The maximum absolute atomic E-state index is 12.0. The first-order valence-corrected chi connectivity index (χ1v) is 7.22. The topological polar surface area (TPSA) is 81.4 Å². The van der Waals surface area contributed by atoms with Gasteiger partial charge in [-0.05, 0) is 17.2 Å². The van der Waals surface area contributed by atoms with Crippen molar-refractivity contribution in [3.63, 3.8) is 0 Å². The first-order valence-electron chi connectivity index (χ1n) is 6.34. The van der Waals surface area contributed by atoms with Gasteiger partial charge in [0.25, 0.3) is 5.91 Å². The molecule has 0 bridgehead atoms. The molecule has 0 saturated carbocycles. The number of hydrogen-bond acceptors (Lipinski definition) is 4. The summed E-state index contributed by atoms with van der Waals surface area (Å²) in [5.41, 5.74) is 7.55. The van der Waals surface area contributed by atoms with Gasteiger partial charge in [0.15, 0.2) is 0 Å². The fourth-order valence-electron chi connectivity index (χ4n) is 1.87. The average Bonchev–Trinajstić information content (AvgIpc) is 2.96. The maximum Gasteiger partial charge on any atom is 0.261 e. The van der Waals surface area contributed by atoms with E-state index >= 15 is 0 Å². The Morgan fingerprint density at radius 2 is 2.00 bits per heavy atom. The average molecular weight is 304 g/mol. The van der Waals surface area contributed by atoms with Crippen molar-refractivity contribution in [2.75, 3.05) is 7.11 Å². The van der Waals surface area contributed by atoms with E-state index in [0.717, 1.165) is 11.1 Å². The van der Waals surface area contributed by atoms with Crippen molar-refractivity contribution in [2.45, 2.75) is 13.2 Å². The minimum atomic E-state index is -0.532. The fourth-order valence-corrected chi connectivity index (χ4v) is 2.69. The van der Waals surface area contributed by atoms with Gasteiger partial charge in [0, 0.05) is 19.0 Å². The van der Waals surface area contributed by atoms with Crippen LogP contribution in [0.3, 0.4) is 0 Å². The van der Waals surface area contributed by atoms with E-state index in [0.29, 0.717) is 23.6 Å². The highest BCUT2D eigenvalue weighted by atomic mass is 32.1. The number of amides is 2. The van der Waals surface area contributed by atoms with Crippen molar-refractivity contribution in [3.8, 4) is 0 Å². The summed E-state index contributed by atoms with van der Waals surface area (Å²) in [6, 6.07) is 9.25. The molecule has 21 heavy (non-hydrogen) atoms. The van der Waals surface area contributed by atoms with Gasteiger partial charge < -0.3 is 15.8 Å². The van der Waals surface area contributed by atoms with Crippen LogP contribution in [0.5, 0.6) is 0 Å². The second kappa shape index (κ2) is 7.01. The lowest BCUT2D eigenvalue weighted by atomic mass is 10.1. The summed E-state index contributed by atoms with van der Waals surface area (Å²) in [7, 11) is 1.63. The van der Waals surface area contributed by atoms with Crippen LogP contribution < -0.4 is 11.1 Å². The molecule has 2 aromatic rings. The number of carbonyl (C=O) groups is 2. The molecule has 2 amide bonds. The Hall–Kier alpha value is -2.18. The molecule has 0 atom stereocenters. The summed E-state index contributed by atoms with van der Waals surface area (Å²) in [6.45, 7) is 0.902. The molecule has 3 N–H and O–H groups in total. The largest absolute Gasteiger partial charge is 0.380 e. The van der Waals surface area contributed by atoms with Crippen molar-refractivity contribution in [1.29, 1.82) is 0 Å². The number of rotatable bonds is 6. The zero-order chi connectivity index (χ0) is 15.2. The molecule has 1 heterocycles. The van der Waals surface area contributed by atoms with Gasteiger partial charge in [-0.15, -0.1) is 11.3 Å². The summed E-state index contributed by atoms with van der Waals surface area (Å²) in [5.74, 6) is -0.754. The van der Waals surface area contributed by atoms with Gasteiger partial charge in [-0.25, -0.2) is 0 Å². The van der Waals surface area contributed by atoms with Gasteiger partial charge in [-0.1, -0.05) is 24.3 Å². The molecular weight excluding hydrogens is 288 g/mol.